The topological polar surface area (TPSA) is 54.6 Å². The maximum Gasteiger partial charge on any atom is 0.133 e. The summed E-state index contributed by atoms with van der Waals surface area (Å²) in [7, 11) is 0. The van der Waals surface area contributed by atoms with Crippen molar-refractivity contribution in [1.82, 2.24) is 4.65 Å². The van der Waals surface area contributed by atoms with Gasteiger partial charge in [0.25, 0.3) is 0 Å². The predicted molar refractivity (Wildman–Crippen MR) is 70.8 cm³/mol. The van der Waals surface area contributed by atoms with Gasteiger partial charge in [-0.1, -0.05) is 12.1 Å². The zero-order valence-electron chi connectivity index (χ0n) is 9.61. The molecule has 0 unspecified atom stereocenters. The van der Waals surface area contributed by atoms with Gasteiger partial charge in [-0.15, -0.1) is 12.4 Å². The highest BCUT2D eigenvalue weighted by Crippen LogP contribution is 2.27. The van der Waals surface area contributed by atoms with Crippen LogP contribution in [0.25, 0.3) is 0 Å². The Morgan fingerprint density at radius 2 is 1.75 bits per heavy atom. The minimum atomic E-state index is -0.109. The van der Waals surface area contributed by atoms with Gasteiger partial charge in [0.15, 0.2) is 0 Å². The number of nitrogens with zero attached hydrogens (tertiary/aromatic N) is 1. The molecule has 0 aliphatic carbocycles. The van der Waals surface area contributed by atoms with Gasteiger partial charge in [0, 0.05) is 6.07 Å². The van der Waals surface area contributed by atoms with Gasteiger partial charge in [0.1, 0.15) is 5.69 Å². The van der Waals surface area contributed by atoms with Crippen LogP contribution < -0.4 is 4.65 Å². The third kappa shape index (κ3) is 3.19. The van der Waals surface area contributed by atoms with Crippen LogP contribution in [0.1, 0.15) is 24.8 Å². The standard InChI is InChI=1S/C12H17NO.ClH.H2O/c1-11-6-5-7-12(10-11)13(14)8-3-2-4-9-13;;/h5-7,10H,2-4,8-9H2,1H3;1H;1H2. The van der Waals surface area contributed by atoms with Gasteiger partial charge in [-0.05, 0) is 37.8 Å². The molecule has 1 saturated heterocycles. The van der Waals surface area contributed by atoms with Crippen molar-refractivity contribution in [1.29, 1.82) is 0 Å². The number of piperidine rings is 1. The summed E-state index contributed by atoms with van der Waals surface area (Å²) in [6.45, 7) is 3.55. The number of aryl methyl sites for hydroxylation is 1. The summed E-state index contributed by atoms with van der Waals surface area (Å²) in [4.78, 5) is 0. The lowest BCUT2D eigenvalue weighted by Crippen LogP contribution is -2.47. The van der Waals surface area contributed by atoms with Gasteiger partial charge in [-0.25, -0.2) is 0 Å². The van der Waals surface area contributed by atoms with Crippen molar-refractivity contribution in [2.45, 2.75) is 26.2 Å². The molecular weight excluding hydrogens is 226 g/mol. The second kappa shape index (κ2) is 6.21. The van der Waals surface area contributed by atoms with E-state index >= 15 is 0 Å². The first-order valence-electron chi connectivity index (χ1n) is 5.36. The highest BCUT2D eigenvalue weighted by molar-refractivity contribution is 5.85. The van der Waals surface area contributed by atoms with E-state index in [-0.39, 0.29) is 22.5 Å². The minimum Gasteiger partial charge on any atom is -0.627 e. The van der Waals surface area contributed by atoms with Crippen LogP contribution in [-0.2, 0) is 0 Å². The molecule has 0 radical (unpaired) electrons. The molecule has 0 atom stereocenters. The molecule has 2 rings (SSSR count). The first-order valence-corrected chi connectivity index (χ1v) is 5.36. The van der Waals surface area contributed by atoms with E-state index in [0.29, 0.717) is 0 Å². The fourth-order valence-corrected chi connectivity index (χ4v) is 2.16. The van der Waals surface area contributed by atoms with Crippen molar-refractivity contribution in [2.24, 2.45) is 0 Å². The average molecular weight is 246 g/mol. The molecule has 1 aliphatic rings. The number of halogens is 1. The SMILES string of the molecule is Cc1cccc([N+]2([O-])CCCCC2)c1.Cl.O. The molecule has 1 aliphatic heterocycles. The Bertz CT molecular complexity index is 325. The Hall–Kier alpha value is -0.610. The molecule has 1 aromatic carbocycles. The average Bonchev–Trinajstić information content (AvgIpc) is 2.19. The molecule has 1 fully saturated rings. The van der Waals surface area contributed by atoms with Crippen LogP contribution in [0.4, 0.5) is 5.69 Å². The van der Waals surface area contributed by atoms with Gasteiger partial charge in [-0.2, -0.15) is 0 Å². The third-order valence-electron chi connectivity index (χ3n) is 3.01. The predicted octanol–water partition coefficient (Wildman–Crippen LogP) is 2.58. The van der Waals surface area contributed by atoms with Crippen LogP contribution >= 0.6 is 12.4 Å². The quantitative estimate of drug-likeness (QED) is 0.554. The fourth-order valence-electron chi connectivity index (χ4n) is 2.16. The van der Waals surface area contributed by atoms with E-state index in [9.17, 15) is 5.21 Å². The van der Waals surface area contributed by atoms with Crippen molar-refractivity contribution >= 4 is 18.1 Å². The largest absolute Gasteiger partial charge is 0.627 e. The van der Waals surface area contributed by atoms with E-state index in [0.717, 1.165) is 31.6 Å². The van der Waals surface area contributed by atoms with Crippen molar-refractivity contribution in [3.63, 3.8) is 0 Å². The molecule has 0 spiro atoms. The number of hydrogen-bond acceptors (Lipinski definition) is 1. The normalized spacial score (nSPS) is 18.1. The van der Waals surface area contributed by atoms with Gasteiger partial charge in [-0.3, -0.25) is 0 Å². The molecule has 0 aromatic heterocycles. The third-order valence-corrected chi connectivity index (χ3v) is 3.01. The molecule has 4 heteroatoms. The second-order valence-electron chi connectivity index (χ2n) is 4.24. The molecule has 0 bridgehead atoms. The maximum atomic E-state index is 12.4. The molecule has 0 saturated carbocycles. The Labute approximate surface area is 103 Å². The van der Waals surface area contributed by atoms with Gasteiger partial charge < -0.3 is 15.3 Å². The minimum absolute atomic E-state index is 0. The van der Waals surface area contributed by atoms with Crippen molar-refractivity contribution in [2.75, 3.05) is 13.1 Å². The van der Waals surface area contributed by atoms with Crippen LogP contribution in [-0.4, -0.2) is 18.6 Å². The highest BCUT2D eigenvalue weighted by Gasteiger charge is 2.23. The Kier molecular flexibility index (Phi) is 5.97. The number of hydroxylamine groups is 2. The first-order chi connectivity index (χ1) is 6.71. The molecule has 3 nitrogen and oxygen atoms in total. The Morgan fingerprint density at radius 3 is 2.31 bits per heavy atom. The summed E-state index contributed by atoms with van der Waals surface area (Å²) >= 11 is 0. The number of quaternary nitrogens is 1. The molecule has 16 heavy (non-hydrogen) atoms. The molecule has 92 valence electrons. The van der Waals surface area contributed by atoms with Crippen LogP contribution in [0.5, 0.6) is 0 Å². The zero-order valence-corrected chi connectivity index (χ0v) is 10.4. The van der Waals surface area contributed by atoms with Crippen molar-refractivity contribution in [3.8, 4) is 0 Å². The molecule has 1 heterocycles. The maximum absolute atomic E-state index is 12.4. The summed E-state index contributed by atoms with van der Waals surface area (Å²) in [6.07, 6.45) is 3.35. The first kappa shape index (κ1) is 15.4. The van der Waals surface area contributed by atoms with E-state index in [2.05, 4.69) is 0 Å². The molecule has 1 aromatic rings. The number of benzene rings is 1. The van der Waals surface area contributed by atoms with Crippen LogP contribution in [0.3, 0.4) is 0 Å². The lowest BCUT2D eigenvalue weighted by Gasteiger charge is -2.44. The molecule has 0 amide bonds. The lowest BCUT2D eigenvalue weighted by atomic mass is 10.1. The van der Waals surface area contributed by atoms with Crippen LogP contribution in [0, 0.1) is 12.1 Å². The van der Waals surface area contributed by atoms with E-state index in [4.69, 9.17) is 0 Å². The highest BCUT2D eigenvalue weighted by atomic mass is 35.5. The van der Waals surface area contributed by atoms with E-state index in [1.54, 1.807) is 0 Å². The number of rotatable bonds is 1. The van der Waals surface area contributed by atoms with Gasteiger partial charge in [0.2, 0.25) is 0 Å². The monoisotopic (exact) mass is 245 g/mol. The van der Waals surface area contributed by atoms with Gasteiger partial charge >= 0.3 is 0 Å². The molecule has 2 N–H and O–H groups in total. The summed E-state index contributed by atoms with van der Waals surface area (Å²) in [5.41, 5.74) is 2.12. The Balaban J connectivity index is 0.00000112. The Morgan fingerprint density at radius 1 is 1.12 bits per heavy atom. The summed E-state index contributed by atoms with van der Waals surface area (Å²) in [5.74, 6) is 0. The summed E-state index contributed by atoms with van der Waals surface area (Å²) < 4.78 is -0.109. The van der Waals surface area contributed by atoms with Crippen molar-refractivity contribution in [3.05, 3.63) is 35.0 Å². The number of hydrogen-bond donors (Lipinski definition) is 0. The summed E-state index contributed by atoms with van der Waals surface area (Å²) in [6, 6.07) is 8.01. The van der Waals surface area contributed by atoms with Crippen LogP contribution in [0.2, 0.25) is 0 Å². The van der Waals surface area contributed by atoms with E-state index < -0.39 is 0 Å². The second-order valence-corrected chi connectivity index (χ2v) is 4.24. The van der Waals surface area contributed by atoms with Crippen molar-refractivity contribution < 1.29 is 5.48 Å². The van der Waals surface area contributed by atoms with Gasteiger partial charge in [0.05, 0.1) is 13.1 Å². The fraction of sp³-hybridized carbons (Fsp3) is 0.500. The van der Waals surface area contributed by atoms with E-state index in [1.165, 1.54) is 12.0 Å². The van der Waals surface area contributed by atoms with E-state index in [1.807, 2.05) is 31.2 Å². The van der Waals surface area contributed by atoms with Crippen LogP contribution in [0.15, 0.2) is 24.3 Å². The molecular formula is C12H20ClNO2. The summed E-state index contributed by atoms with van der Waals surface area (Å²) in [5, 5.41) is 12.4. The zero-order chi connectivity index (χ0) is 10.0. The lowest BCUT2D eigenvalue weighted by molar-refractivity contribution is 0.307. The smallest absolute Gasteiger partial charge is 0.133 e.